The number of primary amides is 1. The number of benzene rings is 2. The van der Waals surface area contributed by atoms with E-state index in [-0.39, 0.29) is 12.4 Å². The number of halogens is 1. The maximum Gasteiger partial charge on any atom is 0.250 e. The predicted octanol–water partition coefficient (Wildman–Crippen LogP) is 2.30. The molecular formula is C13H10ClN3O. The monoisotopic (exact) mass is 259 g/mol. The number of hydrogen-bond donors (Lipinski definition) is 1. The van der Waals surface area contributed by atoms with E-state index in [0.717, 1.165) is 11.0 Å². The van der Waals surface area contributed by atoms with Gasteiger partial charge in [0, 0.05) is 0 Å². The molecule has 0 fully saturated rings. The highest BCUT2D eigenvalue weighted by molar-refractivity contribution is 6.05. The van der Waals surface area contributed by atoms with Gasteiger partial charge in [-0.15, -0.1) is 12.4 Å². The van der Waals surface area contributed by atoms with Gasteiger partial charge in [-0.05, 0) is 24.3 Å². The Hall–Kier alpha value is -2.20. The molecular weight excluding hydrogens is 250 g/mol. The van der Waals surface area contributed by atoms with Crippen LogP contribution in [0, 0.1) is 0 Å². The molecule has 2 N–H and O–H groups in total. The first-order valence-corrected chi connectivity index (χ1v) is 5.21. The van der Waals surface area contributed by atoms with Crippen molar-refractivity contribution in [3.05, 3.63) is 48.0 Å². The second-order valence-corrected chi connectivity index (χ2v) is 3.75. The Morgan fingerprint density at radius 3 is 2.17 bits per heavy atom. The molecule has 0 atom stereocenters. The molecule has 0 radical (unpaired) electrons. The third-order valence-corrected chi connectivity index (χ3v) is 2.64. The number of para-hydroxylation sites is 3. The number of carbonyl (C=O) groups excluding carboxylic acids is 1. The molecule has 2 aromatic carbocycles. The summed E-state index contributed by atoms with van der Waals surface area (Å²) in [6, 6.07) is 12.8. The molecule has 0 saturated carbocycles. The van der Waals surface area contributed by atoms with Gasteiger partial charge in [0.25, 0.3) is 5.91 Å². The van der Waals surface area contributed by atoms with Crippen molar-refractivity contribution in [3.63, 3.8) is 0 Å². The molecule has 0 unspecified atom stereocenters. The van der Waals surface area contributed by atoms with Crippen molar-refractivity contribution < 1.29 is 4.79 Å². The van der Waals surface area contributed by atoms with E-state index >= 15 is 0 Å². The zero-order chi connectivity index (χ0) is 11.8. The van der Waals surface area contributed by atoms with Crippen LogP contribution in [0.5, 0.6) is 0 Å². The molecule has 0 aliphatic rings. The van der Waals surface area contributed by atoms with Gasteiger partial charge in [-0.25, -0.2) is 9.97 Å². The zero-order valence-electron chi connectivity index (χ0n) is 9.33. The third-order valence-electron chi connectivity index (χ3n) is 2.64. The van der Waals surface area contributed by atoms with Crippen molar-refractivity contribution in [1.82, 2.24) is 9.97 Å². The highest BCUT2D eigenvalue weighted by Gasteiger charge is 2.09. The number of aromatic nitrogens is 2. The summed E-state index contributed by atoms with van der Waals surface area (Å²) < 4.78 is 0. The number of carbonyl (C=O) groups is 1. The highest BCUT2D eigenvalue weighted by Crippen LogP contribution is 2.18. The Balaban J connectivity index is 0.00000120. The number of nitrogens with zero attached hydrogens (tertiary/aromatic N) is 2. The van der Waals surface area contributed by atoms with E-state index in [4.69, 9.17) is 5.73 Å². The lowest BCUT2D eigenvalue weighted by Crippen LogP contribution is -2.12. The van der Waals surface area contributed by atoms with Gasteiger partial charge in [-0.3, -0.25) is 4.79 Å². The maximum absolute atomic E-state index is 11.3. The first kappa shape index (κ1) is 12.3. The number of nitrogens with two attached hydrogens (primary N) is 1. The quantitative estimate of drug-likeness (QED) is 0.682. The smallest absolute Gasteiger partial charge is 0.250 e. The molecule has 5 heteroatoms. The Bertz CT molecular complexity index is 742. The number of hydrogen-bond acceptors (Lipinski definition) is 3. The predicted molar refractivity (Wildman–Crippen MR) is 72.8 cm³/mol. The molecule has 4 nitrogen and oxygen atoms in total. The standard InChI is InChI=1S/C13H9N3O.ClH/c14-13(17)8-4-3-7-11-12(8)16-10-6-2-1-5-9(10)15-11;/h1-7H,(H2,14,17);1H. The lowest BCUT2D eigenvalue weighted by molar-refractivity contribution is 0.100. The minimum atomic E-state index is -0.486. The third kappa shape index (κ3) is 1.87. The summed E-state index contributed by atoms with van der Waals surface area (Å²) in [6.45, 7) is 0. The largest absolute Gasteiger partial charge is 0.366 e. The van der Waals surface area contributed by atoms with Gasteiger partial charge in [0.2, 0.25) is 0 Å². The molecule has 0 aliphatic heterocycles. The van der Waals surface area contributed by atoms with Crippen LogP contribution < -0.4 is 5.73 Å². The van der Waals surface area contributed by atoms with E-state index in [2.05, 4.69) is 9.97 Å². The molecule has 90 valence electrons. The summed E-state index contributed by atoms with van der Waals surface area (Å²) in [5.41, 5.74) is 8.52. The van der Waals surface area contributed by atoms with Gasteiger partial charge < -0.3 is 5.73 Å². The van der Waals surface area contributed by atoms with Gasteiger partial charge in [0.15, 0.2) is 0 Å². The Labute approximate surface area is 109 Å². The van der Waals surface area contributed by atoms with Crippen LogP contribution in [0.1, 0.15) is 10.4 Å². The van der Waals surface area contributed by atoms with Crippen molar-refractivity contribution in [2.45, 2.75) is 0 Å². The fraction of sp³-hybridized carbons (Fsp3) is 0. The topological polar surface area (TPSA) is 68.9 Å². The molecule has 3 aromatic rings. The Morgan fingerprint density at radius 1 is 0.889 bits per heavy atom. The number of amides is 1. The molecule has 1 heterocycles. The summed E-state index contributed by atoms with van der Waals surface area (Å²) in [5.74, 6) is -0.486. The molecule has 0 spiro atoms. The first-order chi connectivity index (χ1) is 8.25. The molecule has 0 aliphatic carbocycles. The van der Waals surface area contributed by atoms with Gasteiger partial charge in [-0.1, -0.05) is 18.2 Å². The maximum atomic E-state index is 11.3. The summed E-state index contributed by atoms with van der Waals surface area (Å²) in [4.78, 5) is 20.2. The zero-order valence-corrected chi connectivity index (χ0v) is 10.1. The fourth-order valence-electron chi connectivity index (χ4n) is 1.84. The van der Waals surface area contributed by atoms with Crippen LogP contribution in [0.15, 0.2) is 42.5 Å². The fourth-order valence-corrected chi connectivity index (χ4v) is 1.84. The van der Waals surface area contributed by atoms with E-state index in [1.54, 1.807) is 12.1 Å². The lowest BCUT2D eigenvalue weighted by atomic mass is 10.1. The van der Waals surface area contributed by atoms with Crippen molar-refractivity contribution in [1.29, 1.82) is 0 Å². The van der Waals surface area contributed by atoms with Crippen LogP contribution in [-0.4, -0.2) is 15.9 Å². The highest BCUT2D eigenvalue weighted by atomic mass is 35.5. The van der Waals surface area contributed by atoms with Gasteiger partial charge >= 0.3 is 0 Å². The van der Waals surface area contributed by atoms with E-state index in [0.29, 0.717) is 16.6 Å². The molecule has 0 saturated heterocycles. The molecule has 18 heavy (non-hydrogen) atoms. The van der Waals surface area contributed by atoms with E-state index in [9.17, 15) is 4.79 Å². The van der Waals surface area contributed by atoms with Gasteiger partial charge in [0.05, 0.1) is 22.1 Å². The Morgan fingerprint density at radius 2 is 1.50 bits per heavy atom. The van der Waals surface area contributed by atoms with E-state index < -0.39 is 5.91 Å². The van der Waals surface area contributed by atoms with E-state index in [1.165, 1.54) is 0 Å². The van der Waals surface area contributed by atoms with Gasteiger partial charge in [0.1, 0.15) is 5.52 Å². The molecule has 0 bridgehead atoms. The summed E-state index contributed by atoms with van der Waals surface area (Å²) in [7, 11) is 0. The normalized spacial score (nSPS) is 10.2. The van der Waals surface area contributed by atoms with E-state index in [1.807, 2.05) is 30.3 Å². The number of fused-ring (bicyclic) bond motifs is 2. The van der Waals surface area contributed by atoms with Crippen molar-refractivity contribution >= 4 is 40.4 Å². The van der Waals surface area contributed by atoms with Gasteiger partial charge in [-0.2, -0.15) is 0 Å². The molecule has 1 amide bonds. The second-order valence-electron chi connectivity index (χ2n) is 3.75. The summed E-state index contributed by atoms with van der Waals surface area (Å²) >= 11 is 0. The minimum Gasteiger partial charge on any atom is -0.366 e. The summed E-state index contributed by atoms with van der Waals surface area (Å²) in [5, 5.41) is 0. The second kappa shape index (κ2) is 4.58. The minimum absolute atomic E-state index is 0. The van der Waals surface area contributed by atoms with Crippen LogP contribution in [0.4, 0.5) is 0 Å². The SMILES string of the molecule is Cl.NC(=O)c1cccc2nc3ccccc3nc12. The first-order valence-electron chi connectivity index (χ1n) is 5.21. The van der Waals surface area contributed by atoms with Crippen molar-refractivity contribution in [3.8, 4) is 0 Å². The van der Waals surface area contributed by atoms with Crippen LogP contribution in [0.3, 0.4) is 0 Å². The van der Waals surface area contributed by atoms with Crippen molar-refractivity contribution in [2.24, 2.45) is 5.73 Å². The average molecular weight is 260 g/mol. The number of rotatable bonds is 1. The van der Waals surface area contributed by atoms with Crippen LogP contribution >= 0.6 is 12.4 Å². The molecule has 3 rings (SSSR count). The van der Waals surface area contributed by atoms with Crippen LogP contribution in [-0.2, 0) is 0 Å². The molecule has 1 aromatic heterocycles. The van der Waals surface area contributed by atoms with Crippen molar-refractivity contribution in [2.75, 3.05) is 0 Å². The van der Waals surface area contributed by atoms with Crippen LogP contribution in [0.25, 0.3) is 22.1 Å². The average Bonchev–Trinajstić information content (AvgIpc) is 2.35. The Kier molecular flexibility index (Phi) is 3.12. The summed E-state index contributed by atoms with van der Waals surface area (Å²) in [6.07, 6.45) is 0. The van der Waals surface area contributed by atoms with Crippen LogP contribution in [0.2, 0.25) is 0 Å². The lowest BCUT2D eigenvalue weighted by Gasteiger charge is -2.03.